The van der Waals surface area contributed by atoms with Gasteiger partial charge in [0.1, 0.15) is 0 Å². The third kappa shape index (κ3) is 4.68. The van der Waals surface area contributed by atoms with Crippen LogP contribution in [0.4, 0.5) is 5.13 Å². The molecule has 27 heavy (non-hydrogen) atoms. The van der Waals surface area contributed by atoms with E-state index in [4.69, 9.17) is 0 Å². The Labute approximate surface area is 164 Å². The van der Waals surface area contributed by atoms with Crippen LogP contribution in [-0.2, 0) is 21.1 Å². The lowest BCUT2D eigenvalue weighted by Crippen LogP contribution is -2.40. The normalized spacial score (nSPS) is 17.4. The summed E-state index contributed by atoms with van der Waals surface area (Å²) in [6.45, 7) is 4.89. The van der Waals surface area contributed by atoms with Crippen molar-refractivity contribution in [1.82, 2.24) is 10.3 Å². The van der Waals surface area contributed by atoms with Crippen LogP contribution in [0.1, 0.15) is 32.3 Å². The van der Waals surface area contributed by atoms with E-state index in [-0.39, 0.29) is 18.4 Å². The third-order valence-corrected chi connectivity index (χ3v) is 7.79. The van der Waals surface area contributed by atoms with Crippen LogP contribution in [0.15, 0.2) is 40.7 Å². The number of sulfone groups is 1. The van der Waals surface area contributed by atoms with E-state index < -0.39 is 15.1 Å². The molecule has 1 aliphatic rings. The molecule has 1 atom stereocenters. The van der Waals surface area contributed by atoms with Crippen LogP contribution in [0.25, 0.3) is 0 Å². The predicted molar refractivity (Wildman–Crippen MR) is 108 cm³/mol. The average Bonchev–Trinajstić information content (AvgIpc) is 3.31. The smallest absolute Gasteiger partial charge is 0.224 e. The Morgan fingerprint density at radius 1 is 1.33 bits per heavy atom. The summed E-state index contributed by atoms with van der Waals surface area (Å²) in [6, 6.07) is 6.87. The number of aromatic nitrogens is 1. The van der Waals surface area contributed by atoms with Gasteiger partial charge in [0, 0.05) is 30.7 Å². The van der Waals surface area contributed by atoms with Gasteiger partial charge in [-0.25, -0.2) is 13.4 Å². The molecule has 146 valence electrons. The summed E-state index contributed by atoms with van der Waals surface area (Å²) in [6.07, 6.45) is 4.19. The van der Waals surface area contributed by atoms with Crippen molar-refractivity contribution in [3.8, 4) is 0 Å². The summed E-state index contributed by atoms with van der Waals surface area (Å²) < 4.78 is 24.3. The maximum atomic E-state index is 12.3. The number of rotatable bonds is 7. The molecule has 6 nitrogen and oxygen atoms in total. The number of carbonyl (C=O) groups is 1. The van der Waals surface area contributed by atoms with Crippen LogP contribution >= 0.6 is 11.3 Å². The molecule has 2 heterocycles. The molecule has 1 fully saturated rings. The molecule has 3 rings (SSSR count). The van der Waals surface area contributed by atoms with Crippen molar-refractivity contribution in [3.05, 3.63) is 41.4 Å². The minimum atomic E-state index is -3.28. The molecule has 1 N–H and O–H groups in total. The van der Waals surface area contributed by atoms with Crippen molar-refractivity contribution in [2.75, 3.05) is 18.0 Å². The monoisotopic (exact) mass is 407 g/mol. The molecule has 1 aromatic carbocycles. The molecule has 8 heteroatoms. The van der Waals surface area contributed by atoms with Gasteiger partial charge in [0.05, 0.1) is 16.6 Å². The van der Waals surface area contributed by atoms with E-state index in [1.54, 1.807) is 55.6 Å². The van der Waals surface area contributed by atoms with Crippen molar-refractivity contribution in [2.24, 2.45) is 0 Å². The summed E-state index contributed by atoms with van der Waals surface area (Å²) in [7, 11) is -3.28. The van der Waals surface area contributed by atoms with E-state index in [2.05, 4.69) is 15.2 Å². The van der Waals surface area contributed by atoms with Crippen molar-refractivity contribution in [2.45, 2.75) is 49.3 Å². The Morgan fingerprint density at radius 2 is 2.07 bits per heavy atom. The second kappa shape index (κ2) is 8.39. The zero-order valence-electron chi connectivity index (χ0n) is 15.6. The minimum absolute atomic E-state index is 0.0551. The van der Waals surface area contributed by atoms with Crippen molar-refractivity contribution >= 4 is 32.2 Å². The maximum absolute atomic E-state index is 12.3. The first kappa shape index (κ1) is 19.8. The lowest BCUT2D eigenvalue weighted by molar-refractivity contribution is -0.120. The zero-order chi connectivity index (χ0) is 19.4. The number of carbonyl (C=O) groups excluding carboxylic acids is 1. The molecular formula is C19H25N3O3S2. The van der Waals surface area contributed by atoms with Crippen LogP contribution < -0.4 is 10.2 Å². The molecule has 0 saturated carbocycles. The van der Waals surface area contributed by atoms with Gasteiger partial charge in [-0.2, -0.15) is 0 Å². The highest BCUT2D eigenvalue weighted by atomic mass is 32.2. The van der Waals surface area contributed by atoms with E-state index in [1.165, 1.54) is 0 Å². The second-order valence-electron chi connectivity index (χ2n) is 7.02. The summed E-state index contributed by atoms with van der Waals surface area (Å²) >= 11 is 1.62. The average molecular weight is 408 g/mol. The SMILES string of the molecule is CC(C)S(=O)(=O)c1ccc(CC(=O)NCC2CCCN2c2nccs2)cc1. The van der Waals surface area contributed by atoms with Crippen LogP contribution in [0.3, 0.4) is 0 Å². The van der Waals surface area contributed by atoms with E-state index in [0.29, 0.717) is 11.4 Å². The van der Waals surface area contributed by atoms with Crippen LogP contribution in [0, 0.1) is 0 Å². The molecule has 0 radical (unpaired) electrons. The minimum Gasteiger partial charge on any atom is -0.354 e. The van der Waals surface area contributed by atoms with Gasteiger partial charge >= 0.3 is 0 Å². The molecule has 0 aliphatic carbocycles. The first-order chi connectivity index (χ1) is 12.9. The number of benzene rings is 1. The van der Waals surface area contributed by atoms with Crippen LogP contribution in [0.2, 0.25) is 0 Å². The van der Waals surface area contributed by atoms with Gasteiger partial charge in [-0.3, -0.25) is 4.79 Å². The lowest BCUT2D eigenvalue weighted by Gasteiger charge is -2.24. The number of hydrogen-bond acceptors (Lipinski definition) is 6. The molecule has 0 bridgehead atoms. The number of anilines is 1. The summed E-state index contributed by atoms with van der Waals surface area (Å²) in [4.78, 5) is 19.2. The molecule has 2 aromatic rings. The Kier molecular flexibility index (Phi) is 6.16. The number of thiazole rings is 1. The Balaban J connectivity index is 1.54. The van der Waals surface area contributed by atoms with Crippen molar-refractivity contribution in [3.63, 3.8) is 0 Å². The van der Waals surface area contributed by atoms with Gasteiger partial charge < -0.3 is 10.2 Å². The topological polar surface area (TPSA) is 79.4 Å². The molecule has 1 amide bonds. The maximum Gasteiger partial charge on any atom is 0.224 e. The van der Waals surface area contributed by atoms with Gasteiger partial charge in [0.2, 0.25) is 5.91 Å². The third-order valence-electron chi connectivity index (χ3n) is 4.81. The van der Waals surface area contributed by atoms with E-state index in [0.717, 1.165) is 30.1 Å². The summed E-state index contributed by atoms with van der Waals surface area (Å²) in [5.74, 6) is -0.0551. The molecule has 1 unspecified atom stereocenters. The molecule has 1 aromatic heterocycles. The number of hydrogen-bond donors (Lipinski definition) is 1. The number of nitrogens with zero attached hydrogens (tertiary/aromatic N) is 2. The van der Waals surface area contributed by atoms with Crippen LogP contribution in [0.5, 0.6) is 0 Å². The highest BCUT2D eigenvalue weighted by Crippen LogP contribution is 2.26. The van der Waals surface area contributed by atoms with Gasteiger partial charge in [-0.15, -0.1) is 11.3 Å². The second-order valence-corrected chi connectivity index (χ2v) is 10.4. The van der Waals surface area contributed by atoms with E-state index in [1.807, 2.05) is 5.38 Å². The van der Waals surface area contributed by atoms with Gasteiger partial charge in [0.25, 0.3) is 0 Å². The Morgan fingerprint density at radius 3 is 2.70 bits per heavy atom. The number of amides is 1. The fourth-order valence-corrected chi connectivity index (χ4v) is 5.01. The van der Waals surface area contributed by atoms with E-state index in [9.17, 15) is 13.2 Å². The van der Waals surface area contributed by atoms with Crippen molar-refractivity contribution < 1.29 is 13.2 Å². The van der Waals surface area contributed by atoms with Gasteiger partial charge in [-0.1, -0.05) is 12.1 Å². The predicted octanol–water partition coefficient (Wildman–Crippen LogP) is 2.65. The molecule has 1 aliphatic heterocycles. The summed E-state index contributed by atoms with van der Waals surface area (Å²) in [5, 5.41) is 5.52. The first-order valence-electron chi connectivity index (χ1n) is 9.13. The van der Waals surface area contributed by atoms with Gasteiger partial charge in [-0.05, 0) is 44.4 Å². The lowest BCUT2D eigenvalue weighted by atomic mass is 10.1. The molecule has 1 saturated heterocycles. The van der Waals surface area contributed by atoms with Crippen LogP contribution in [-0.4, -0.2) is 43.7 Å². The highest BCUT2D eigenvalue weighted by molar-refractivity contribution is 7.92. The largest absolute Gasteiger partial charge is 0.354 e. The number of nitrogens with one attached hydrogen (secondary N) is 1. The van der Waals surface area contributed by atoms with Crippen molar-refractivity contribution in [1.29, 1.82) is 0 Å². The Hall–Kier alpha value is -1.93. The molecular weight excluding hydrogens is 382 g/mol. The highest BCUT2D eigenvalue weighted by Gasteiger charge is 2.26. The van der Waals surface area contributed by atoms with E-state index >= 15 is 0 Å². The van der Waals surface area contributed by atoms with Gasteiger partial charge in [0.15, 0.2) is 15.0 Å². The zero-order valence-corrected chi connectivity index (χ0v) is 17.2. The standard InChI is InChI=1S/C19H25N3O3S2/c1-14(2)27(24,25)17-7-5-15(6-8-17)12-18(23)21-13-16-4-3-10-22(16)19-20-9-11-26-19/h5-9,11,14,16H,3-4,10,12-13H2,1-2H3,(H,21,23). The first-order valence-corrected chi connectivity index (χ1v) is 11.6. The molecule has 0 spiro atoms. The quantitative estimate of drug-likeness (QED) is 0.763. The fraction of sp³-hybridized carbons (Fsp3) is 0.474. The fourth-order valence-electron chi connectivity index (χ4n) is 3.21. The Bertz CT molecular complexity index is 862. The summed E-state index contributed by atoms with van der Waals surface area (Å²) in [5.41, 5.74) is 0.804.